The number of anilines is 1. The molecular weight excluding hydrogens is 248 g/mol. The Morgan fingerprint density at radius 3 is 2.95 bits per heavy atom. The summed E-state index contributed by atoms with van der Waals surface area (Å²) in [6.45, 7) is 6.03. The third-order valence-corrected chi connectivity index (χ3v) is 4.89. The molecule has 1 aromatic rings. The Balaban J connectivity index is 1.68. The molecule has 2 aliphatic heterocycles. The summed E-state index contributed by atoms with van der Waals surface area (Å²) in [6, 6.07) is 4.24. The van der Waals surface area contributed by atoms with Gasteiger partial charge >= 0.3 is 0 Å². The molecule has 4 nitrogen and oxygen atoms in total. The molecule has 2 saturated heterocycles. The highest BCUT2D eigenvalue weighted by atomic mass is 15.2. The topological polar surface area (TPSA) is 31.4 Å². The number of piperidine rings is 1. The van der Waals surface area contributed by atoms with Crippen LogP contribution in [0, 0.1) is 5.41 Å². The van der Waals surface area contributed by atoms with E-state index in [2.05, 4.69) is 33.2 Å². The van der Waals surface area contributed by atoms with E-state index in [4.69, 9.17) is 0 Å². The minimum atomic E-state index is 0.551. The maximum absolute atomic E-state index is 4.42. The molecule has 1 N–H and O–H groups in total. The van der Waals surface area contributed by atoms with Crippen molar-refractivity contribution in [2.24, 2.45) is 5.41 Å². The minimum absolute atomic E-state index is 0.551. The van der Waals surface area contributed by atoms with E-state index in [-0.39, 0.29) is 0 Å². The molecule has 1 atom stereocenters. The summed E-state index contributed by atoms with van der Waals surface area (Å²) in [5, 5.41) is 3.21. The predicted octanol–water partition coefficient (Wildman–Crippen LogP) is 2.04. The maximum Gasteiger partial charge on any atom is 0.130 e. The van der Waals surface area contributed by atoms with E-state index in [0.29, 0.717) is 5.41 Å². The fraction of sp³-hybridized carbons (Fsp3) is 0.688. The first-order valence-electron chi connectivity index (χ1n) is 7.73. The summed E-state index contributed by atoms with van der Waals surface area (Å²) in [6.07, 6.45) is 5.97. The van der Waals surface area contributed by atoms with E-state index in [1.165, 1.54) is 51.0 Å². The molecule has 3 rings (SSSR count). The van der Waals surface area contributed by atoms with Crippen molar-refractivity contribution in [3.63, 3.8) is 0 Å². The fourth-order valence-electron chi connectivity index (χ4n) is 3.97. The Kier molecular flexibility index (Phi) is 3.94. The van der Waals surface area contributed by atoms with Crippen molar-refractivity contribution in [2.45, 2.75) is 25.8 Å². The van der Waals surface area contributed by atoms with E-state index in [0.717, 1.165) is 12.4 Å². The molecule has 3 heterocycles. The van der Waals surface area contributed by atoms with Crippen LogP contribution in [0.1, 0.15) is 24.8 Å². The molecule has 2 fully saturated rings. The first kappa shape index (κ1) is 13.8. The molecule has 0 amide bonds. The Hall–Kier alpha value is -1.13. The summed E-state index contributed by atoms with van der Waals surface area (Å²) >= 11 is 0. The van der Waals surface area contributed by atoms with Crippen LogP contribution in [0.25, 0.3) is 0 Å². The molecular formula is C16H26N4. The lowest BCUT2D eigenvalue weighted by atomic mass is 9.79. The number of hydrogen-bond acceptors (Lipinski definition) is 4. The number of pyridine rings is 1. The Labute approximate surface area is 122 Å². The average Bonchev–Trinajstić information content (AvgIpc) is 2.80. The summed E-state index contributed by atoms with van der Waals surface area (Å²) in [5.41, 5.74) is 1.87. The summed E-state index contributed by atoms with van der Waals surface area (Å²) in [5.74, 6) is 1.02. The summed E-state index contributed by atoms with van der Waals surface area (Å²) in [7, 11) is 4.21. The van der Waals surface area contributed by atoms with Crippen LogP contribution in [0.4, 0.5) is 5.82 Å². The maximum atomic E-state index is 4.42. The van der Waals surface area contributed by atoms with Gasteiger partial charge in [0.1, 0.15) is 5.82 Å². The molecule has 20 heavy (non-hydrogen) atoms. The predicted molar refractivity (Wildman–Crippen MR) is 82.8 cm³/mol. The SMILES string of the molecule is CNc1ncccc1CN1CCCC2(CCN(C)C2)C1. The number of aromatic nitrogens is 1. The second-order valence-electron chi connectivity index (χ2n) is 6.56. The van der Waals surface area contributed by atoms with Gasteiger partial charge in [-0.15, -0.1) is 0 Å². The highest BCUT2D eigenvalue weighted by Gasteiger charge is 2.40. The van der Waals surface area contributed by atoms with Gasteiger partial charge in [0.25, 0.3) is 0 Å². The number of nitrogens with zero attached hydrogens (tertiary/aromatic N) is 3. The van der Waals surface area contributed by atoms with Crippen LogP contribution in [0.3, 0.4) is 0 Å². The fourth-order valence-corrected chi connectivity index (χ4v) is 3.97. The molecule has 2 aliphatic rings. The number of hydrogen-bond donors (Lipinski definition) is 1. The molecule has 110 valence electrons. The van der Waals surface area contributed by atoms with Gasteiger partial charge in [-0.3, -0.25) is 4.90 Å². The zero-order chi connectivity index (χ0) is 14.0. The second-order valence-corrected chi connectivity index (χ2v) is 6.56. The lowest BCUT2D eigenvalue weighted by molar-refractivity contribution is 0.0900. The van der Waals surface area contributed by atoms with Crippen LogP contribution in [0.5, 0.6) is 0 Å². The lowest BCUT2D eigenvalue weighted by Gasteiger charge is -2.40. The van der Waals surface area contributed by atoms with Gasteiger partial charge < -0.3 is 10.2 Å². The van der Waals surface area contributed by atoms with Gasteiger partial charge in [-0.05, 0) is 50.9 Å². The van der Waals surface area contributed by atoms with Crippen molar-refractivity contribution in [3.8, 4) is 0 Å². The second kappa shape index (κ2) is 5.70. The summed E-state index contributed by atoms with van der Waals surface area (Å²) in [4.78, 5) is 9.54. The quantitative estimate of drug-likeness (QED) is 0.914. The van der Waals surface area contributed by atoms with Gasteiger partial charge in [0.2, 0.25) is 0 Å². The van der Waals surface area contributed by atoms with Crippen molar-refractivity contribution in [1.29, 1.82) is 0 Å². The highest BCUT2D eigenvalue weighted by molar-refractivity contribution is 5.42. The smallest absolute Gasteiger partial charge is 0.130 e. The van der Waals surface area contributed by atoms with E-state index in [1.807, 2.05) is 19.3 Å². The largest absolute Gasteiger partial charge is 0.373 e. The number of likely N-dealkylation sites (tertiary alicyclic amines) is 2. The third-order valence-electron chi connectivity index (χ3n) is 4.89. The Morgan fingerprint density at radius 2 is 2.20 bits per heavy atom. The molecule has 4 heteroatoms. The van der Waals surface area contributed by atoms with Crippen molar-refractivity contribution >= 4 is 5.82 Å². The Bertz CT molecular complexity index is 458. The van der Waals surface area contributed by atoms with Crippen LogP contribution in [-0.4, -0.2) is 55.1 Å². The van der Waals surface area contributed by atoms with Crippen molar-refractivity contribution < 1.29 is 0 Å². The normalized spacial score (nSPS) is 28.1. The summed E-state index contributed by atoms with van der Waals surface area (Å²) < 4.78 is 0. The van der Waals surface area contributed by atoms with Gasteiger partial charge in [-0.25, -0.2) is 4.98 Å². The van der Waals surface area contributed by atoms with Gasteiger partial charge in [0.05, 0.1) is 0 Å². The zero-order valence-electron chi connectivity index (χ0n) is 12.7. The van der Waals surface area contributed by atoms with Crippen molar-refractivity contribution in [3.05, 3.63) is 23.9 Å². The Morgan fingerprint density at radius 1 is 1.30 bits per heavy atom. The standard InChI is InChI=1S/C16H26N4/c1-17-15-14(5-3-8-18-15)11-20-9-4-6-16(13-20)7-10-19(2)12-16/h3,5,8H,4,6-7,9-13H2,1-2H3,(H,17,18). The molecule has 1 aromatic heterocycles. The zero-order valence-corrected chi connectivity index (χ0v) is 12.7. The number of nitrogens with one attached hydrogen (secondary N) is 1. The van der Waals surface area contributed by atoms with Crippen LogP contribution in [0.15, 0.2) is 18.3 Å². The van der Waals surface area contributed by atoms with Crippen LogP contribution in [0.2, 0.25) is 0 Å². The van der Waals surface area contributed by atoms with E-state index < -0.39 is 0 Å². The van der Waals surface area contributed by atoms with Crippen LogP contribution < -0.4 is 5.32 Å². The first-order chi connectivity index (χ1) is 9.71. The van der Waals surface area contributed by atoms with Crippen molar-refractivity contribution in [1.82, 2.24) is 14.8 Å². The van der Waals surface area contributed by atoms with Crippen molar-refractivity contribution in [2.75, 3.05) is 45.6 Å². The monoisotopic (exact) mass is 274 g/mol. The molecule has 0 bridgehead atoms. The van der Waals surface area contributed by atoms with E-state index in [9.17, 15) is 0 Å². The molecule has 1 spiro atoms. The van der Waals surface area contributed by atoms with E-state index >= 15 is 0 Å². The van der Waals surface area contributed by atoms with Gasteiger partial charge in [-0.2, -0.15) is 0 Å². The first-order valence-corrected chi connectivity index (χ1v) is 7.73. The highest BCUT2D eigenvalue weighted by Crippen LogP contribution is 2.38. The van der Waals surface area contributed by atoms with E-state index in [1.54, 1.807) is 0 Å². The van der Waals surface area contributed by atoms with Gasteiger partial charge in [-0.1, -0.05) is 6.07 Å². The van der Waals surface area contributed by atoms with Gasteiger partial charge in [0, 0.05) is 38.4 Å². The molecule has 0 aliphatic carbocycles. The lowest BCUT2D eigenvalue weighted by Crippen LogP contribution is -2.44. The van der Waals surface area contributed by atoms with Crippen LogP contribution >= 0.6 is 0 Å². The molecule has 0 radical (unpaired) electrons. The minimum Gasteiger partial charge on any atom is -0.373 e. The van der Waals surface area contributed by atoms with Gasteiger partial charge in [0.15, 0.2) is 0 Å². The number of rotatable bonds is 3. The molecule has 1 unspecified atom stereocenters. The third kappa shape index (κ3) is 2.81. The average molecular weight is 274 g/mol. The van der Waals surface area contributed by atoms with Crippen LogP contribution in [-0.2, 0) is 6.54 Å². The molecule has 0 saturated carbocycles. The molecule has 0 aromatic carbocycles.